The van der Waals surface area contributed by atoms with Gasteiger partial charge in [-0.2, -0.15) is 4.98 Å². The van der Waals surface area contributed by atoms with Crippen molar-refractivity contribution >= 4 is 49.8 Å². The number of pyridine rings is 1. The molecule has 0 radical (unpaired) electrons. The van der Waals surface area contributed by atoms with Gasteiger partial charge < -0.3 is 24.8 Å². The van der Waals surface area contributed by atoms with Gasteiger partial charge in [-0.05, 0) is 67.8 Å². The van der Waals surface area contributed by atoms with Crippen LogP contribution in [0.4, 0.5) is 23.3 Å². The summed E-state index contributed by atoms with van der Waals surface area (Å²) < 4.78 is 29.4. The molecule has 1 amide bonds. The van der Waals surface area contributed by atoms with E-state index in [0.29, 0.717) is 30.7 Å². The predicted molar refractivity (Wildman–Crippen MR) is 173 cm³/mol. The molecule has 3 fully saturated rings. The van der Waals surface area contributed by atoms with E-state index in [9.17, 15) is 13.2 Å². The lowest BCUT2D eigenvalue weighted by Gasteiger charge is -2.48. The molecule has 11 nitrogen and oxygen atoms in total. The zero-order valence-electron chi connectivity index (χ0n) is 25.6. The van der Waals surface area contributed by atoms with Crippen molar-refractivity contribution in [2.75, 3.05) is 60.4 Å². The molecule has 3 atom stereocenters. The fourth-order valence-corrected chi connectivity index (χ4v) is 8.07. The molecule has 0 bridgehead atoms. The number of rotatable bonds is 9. The van der Waals surface area contributed by atoms with E-state index in [2.05, 4.69) is 45.7 Å². The van der Waals surface area contributed by atoms with E-state index < -0.39 is 9.84 Å². The monoisotopic (exact) mass is 619 g/mol. The van der Waals surface area contributed by atoms with Crippen molar-refractivity contribution in [2.45, 2.75) is 50.8 Å². The number of hydrogen-bond donors (Lipinski definition) is 1. The molecule has 0 unspecified atom stereocenters. The number of hydrogen-bond acceptors (Lipinski definition) is 10. The van der Waals surface area contributed by atoms with Crippen molar-refractivity contribution in [1.82, 2.24) is 19.9 Å². The standard InChI is InChI=1S/C32H41N7O4S/c1-5-31(40)38-14-6-7-27(38)24-8-9-28(39-19-22(21(39)2)20-44(4,41)42)26-18-34-30(17-25(24)26)35-29-10-13-33-32(36-29)37-15-11-23(43-3)12-16-37/h5,8-10,13,17-18,21-23,27H,1,6-7,11-12,14-16,19-20H2,2-4H3,(H,33,34,35,36)/t21-,22-,27-/m1/s1. The van der Waals surface area contributed by atoms with Crippen molar-refractivity contribution < 1.29 is 17.9 Å². The van der Waals surface area contributed by atoms with E-state index in [-0.39, 0.29) is 35.8 Å². The lowest BCUT2D eigenvalue weighted by molar-refractivity contribution is -0.126. The van der Waals surface area contributed by atoms with Crippen LogP contribution in [0.1, 0.15) is 44.2 Å². The van der Waals surface area contributed by atoms with Gasteiger partial charge in [-0.1, -0.05) is 12.6 Å². The molecule has 3 aliphatic rings. The largest absolute Gasteiger partial charge is 0.381 e. The van der Waals surface area contributed by atoms with Crippen molar-refractivity contribution in [1.29, 1.82) is 0 Å². The topological polar surface area (TPSA) is 121 Å². The molecular formula is C32H41N7O4S. The summed E-state index contributed by atoms with van der Waals surface area (Å²) in [4.78, 5) is 33.2. The van der Waals surface area contributed by atoms with Gasteiger partial charge in [0.2, 0.25) is 11.9 Å². The first-order valence-corrected chi connectivity index (χ1v) is 17.4. The van der Waals surface area contributed by atoms with E-state index in [1.54, 1.807) is 13.3 Å². The fraction of sp³-hybridized carbons (Fsp3) is 0.500. The molecule has 12 heteroatoms. The highest BCUT2D eigenvalue weighted by atomic mass is 32.2. The molecular weight excluding hydrogens is 578 g/mol. The summed E-state index contributed by atoms with van der Waals surface area (Å²) in [6.45, 7) is 8.83. The van der Waals surface area contributed by atoms with Crippen LogP contribution < -0.4 is 15.1 Å². The molecule has 0 aliphatic carbocycles. The average Bonchev–Trinajstić information content (AvgIpc) is 3.51. The minimum Gasteiger partial charge on any atom is -0.381 e. The SMILES string of the molecule is C=CC(=O)N1CCC[C@@H]1c1ccc(N2C[C@H](CS(C)(=O)=O)[C@H]2C)c2cnc(Nc3ccnc(N4CCC(OC)CC4)n3)cc12. The van der Waals surface area contributed by atoms with E-state index in [1.807, 2.05) is 23.2 Å². The Balaban J connectivity index is 1.33. The van der Waals surface area contributed by atoms with Gasteiger partial charge in [0.25, 0.3) is 0 Å². The van der Waals surface area contributed by atoms with Gasteiger partial charge in [-0.3, -0.25) is 4.79 Å². The van der Waals surface area contributed by atoms with Crippen molar-refractivity contribution in [3.05, 3.63) is 54.9 Å². The minimum atomic E-state index is -3.06. The molecule has 234 valence electrons. The second kappa shape index (κ2) is 12.3. The number of methoxy groups -OCH3 is 1. The second-order valence-electron chi connectivity index (χ2n) is 12.2. The van der Waals surface area contributed by atoms with Crippen LogP contribution in [0.2, 0.25) is 0 Å². The number of anilines is 4. The molecule has 0 spiro atoms. The first kappa shape index (κ1) is 30.3. The fourth-order valence-electron chi connectivity index (χ4n) is 6.91. The molecule has 0 saturated carbocycles. The number of aromatic nitrogens is 3. The van der Waals surface area contributed by atoms with Crippen LogP contribution in [-0.2, 0) is 19.4 Å². The van der Waals surface area contributed by atoms with Gasteiger partial charge in [0.1, 0.15) is 21.5 Å². The Morgan fingerprint density at radius 2 is 1.91 bits per heavy atom. The quantitative estimate of drug-likeness (QED) is 0.351. The summed E-state index contributed by atoms with van der Waals surface area (Å²) in [6.07, 6.45) is 10.3. The molecule has 3 saturated heterocycles. The van der Waals surface area contributed by atoms with Gasteiger partial charge in [0.15, 0.2) is 0 Å². The lowest BCUT2D eigenvalue weighted by atomic mass is 9.89. The Hall–Kier alpha value is -3.77. The third-order valence-electron chi connectivity index (χ3n) is 9.37. The van der Waals surface area contributed by atoms with Crippen LogP contribution in [0.3, 0.4) is 0 Å². The molecule has 44 heavy (non-hydrogen) atoms. The molecule has 5 heterocycles. The van der Waals surface area contributed by atoms with Gasteiger partial charge >= 0.3 is 0 Å². The van der Waals surface area contributed by atoms with Gasteiger partial charge in [0, 0.05) is 75.0 Å². The molecule has 2 aromatic heterocycles. The number of piperidine rings is 1. The molecule has 1 aromatic carbocycles. The molecule has 1 N–H and O–H groups in total. The predicted octanol–water partition coefficient (Wildman–Crippen LogP) is 4.10. The number of likely N-dealkylation sites (tertiary alicyclic amines) is 1. The average molecular weight is 620 g/mol. The highest BCUT2D eigenvalue weighted by molar-refractivity contribution is 7.90. The Bertz CT molecular complexity index is 1660. The number of fused-ring (bicyclic) bond motifs is 1. The number of nitrogens with one attached hydrogen (secondary N) is 1. The second-order valence-corrected chi connectivity index (χ2v) is 14.4. The van der Waals surface area contributed by atoms with Crippen LogP contribution in [0.5, 0.6) is 0 Å². The van der Waals surface area contributed by atoms with Crippen molar-refractivity contribution in [2.24, 2.45) is 5.92 Å². The number of nitrogens with zero attached hydrogens (tertiary/aromatic N) is 6. The van der Waals surface area contributed by atoms with Gasteiger partial charge in [-0.15, -0.1) is 0 Å². The Kier molecular flexibility index (Phi) is 8.47. The zero-order valence-corrected chi connectivity index (χ0v) is 26.5. The smallest absolute Gasteiger partial charge is 0.246 e. The summed E-state index contributed by atoms with van der Waals surface area (Å²) in [5.41, 5.74) is 2.08. The van der Waals surface area contributed by atoms with Crippen molar-refractivity contribution in [3.8, 4) is 0 Å². The molecule has 3 aromatic rings. The summed E-state index contributed by atoms with van der Waals surface area (Å²) >= 11 is 0. The van der Waals surface area contributed by atoms with E-state index in [1.165, 1.54) is 12.3 Å². The van der Waals surface area contributed by atoms with Crippen LogP contribution >= 0.6 is 0 Å². The van der Waals surface area contributed by atoms with Gasteiger partial charge in [-0.25, -0.2) is 18.4 Å². The first-order valence-electron chi connectivity index (χ1n) is 15.3. The van der Waals surface area contributed by atoms with Crippen LogP contribution in [-0.4, -0.2) is 91.6 Å². The lowest BCUT2D eigenvalue weighted by Crippen LogP contribution is -2.57. The number of ether oxygens (including phenoxy) is 1. The zero-order chi connectivity index (χ0) is 31.0. The highest BCUT2D eigenvalue weighted by Gasteiger charge is 2.39. The Morgan fingerprint density at radius 1 is 1.11 bits per heavy atom. The third-order valence-corrected chi connectivity index (χ3v) is 10.4. The number of benzene rings is 1. The van der Waals surface area contributed by atoms with Crippen LogP contribution in [0, 0.1) is 5.92 Å². The Morgan fingerprint density at radius 3 is 2.61 bits per heavy atom. The number of sulfone groups is 1. The first-order chi connectivity index (χ1) is 21.1. The summed E-state index contributed by atoms with van der Waals surface area (Å²) in [6, 6.07) is 8.09. The molecule has 3 aliphatic heterocycles. The normalized spacial score (nSPS) is 22.7. The minimum absolute atomic E-state index is 0.0693. The number of carbonyl (C=O) groups is 1. The van der Waals surface area contributed by atoms with Crippen LogP contribution in [0.15, 0.2) is 49.3 Å². The van der Waals surface area contributed by atoms with Gasteiger partial charge in [0.05, 0.1) is 17.9 Å². The van der Waals surface area contributed by atoms with E-state index in [0.717, 1.165) is 60.8 Å². The maximum atomic E-state index is 12.8. The number of carbonyl (C=O) groups excluding carboxylic acids is 1. The third kappa shape index (κ3) is 6.10. The van der Waals surface area contributed by atoms with Crippen LogP contribution in [0.25, 0.3) is 10.8 Å². The Labute approximate surface area is 259 Å². The maximum absolute atomic E-state index is 12.8. The summed E-state index contributed by atoms with van der Waals surface area (Å²) in [5.74, 6) is 2.16. The van der Waals surface area contributed by atoms with E-state index >= 15 is 0 Å². The number of amides is 1. The maximum Gasteiger partial charge on any atom is 0.246 e. The van der Waals surface area contributed by atoms with E-state index in [4.69, 9.17) is 14.7 Å². The summed E-state index contributed by atoms with van der Waals surface area (Å²) in [7, 11) is -1.30. The van der Waals surface area contributed by atoms with Crippen molar-refractivity contribution in [3.63, 3.8) is 0 Å². The summed E-state index contributed by atoms with van der Waals surface area (Å²) in [5, 5.41) is 5.36. The highest BCUT2D eigenvalue weighted by Crippen LogP contribution is 2.42. The molecule has 6 rings (SSSR count).